The van der Waals surface area contributed by atoms with Gasteiger partial charge in [0.25, 0.3) is 0 Å². The van der Waals surface area contributed by atoms with Gasteiger partial charge in [-0.3, -0.25) is 13.5 Å². The lowest BCUT2D eigenvalue weighted by atomic mass is 10.1. The van der Waals surface area contributed by atoms with E-state index in [-0.39, 0.29) is 0 Å². The fourth-order valence-electron chi connectivity index (χ4n) is 6.96. The minimum absolute atomic E-state index is 0.871. The molecule has 4 aromatic heterocycles. The molecule has 0 aliphatic carbocycles. The number of rotatable bonds is 7. The molecule has 5 heteroatoms. The van der Waals surface area contributed by atoms with Crippen molar-refractivity contribution >= 4 is 67.6 Å². The average molecular weight is 596 g/mol. The van der Waals surface area contributed by atoms with Crippen molar-refractivity contribution in [2.75, 3.05) is 0 Å². The van der Waals surface area contributed by atoms with E-state index in [0.717, 1.165) is 78.1 Å². The van der Waals surface area contributed by atoms with E-state index in [2.05, 4.69) is 153 Å². The van der Waals surface area contributed by atoms with E-state index in [1.807, 2.05) is 32.1 Å². The molecule has 0 atom stereocenters. The lowest BCUT2D eigenvalue weighted by Crippen LogP contribution is -1.99. The van der Waals surface area contributed by atoms with Crippen LogP contribution in [-0.4, -0.2) is 23.1 Å². The Morgan fingerprint density at radius 1 is 0.717 bits per heavy atom. The molecule has 0 aliphatic heterocycles. The zero-order valence-electron chi connectivity index (χ0n) is 25.9. The third kappa shape index (κ3) is 3.85. The smallest absolute Gasteiger partial charge is 0.221 e. The van der Waals surface area contributed by atoms with E-state index >= 15 is 0 Å². The van der Waals surface area contributed by atoms with Crippen molar-refractivity contribution in [3.8, 4) is 11.4 Å². The van der Waals surface area contributed by atoms with Gasteiger partial charge in [-0.2, -0.15) is 0 Å². The number of imidazole rings is 2. The van der Waals surface area contributed by atoms with Crippen LogP contribution in [0.4, 0.5) is 0 Å². The Morgan fingerprint density at radius 2 is 1.48 bits per heavy atom. The molecule has 0 bridgehead atoms. The number of allylic oxidation sites excluding steroid dienone is 6. The molecule has 0 spiro atoms. The van der Waals surface area contributed by atoms with Gasteiger partial charge in [-0.15, -0.1) is 0 Å². The number of fused-ring (bicyclic) bond motifs is 8. The van der Waals surface area contributed by atoms with Gasteiger partial charge in [0.1, 0.15) is 5.52 Å². The Kier molecular flexibility index (Phi) is 6.47. The number of nitrogens with zero attached hydrogens (tertiary/aromatic N) is 5. The highest BCUT2D eigenvalue weighted by atomic mass is 15.3. The summed E-state index contributed by atoms with van der Waals surface area (Å²) in [6, 6.07) is 34.3. The van der Waals surface area contributed by atoms with Crippen LogP contribution >= 0.6 is 0 Å². The lowest BCUT2D eigenvalue weighted by molar-refractivity contribution is 1.09. The minimum atomic E-state index is 0.871. The first kappa shape index (κ1) is 27.5. The summed E-state index contributed by atoms with van der Waals surface area (Å²) in [5.41, 5.74) is 11.8. The van der Waals surface area contributed by atoms with Crippen molar-refractivity contribution in [3.05, 3.63) is 152 Å². The van der Waals surface area contributed by atoms with Crippen LogP contribution in [0.1, 0.15) is 25.1 Å². The SMILES string of the molecule is C=C/C=C(\C=C/C)n1c(/C=C\C)c(C=C)c2cc(-n3c4c5ccccc5n(-c5ccccc5)c4n4c5ccccc5nc34)ccc21. The summed E-state index contributed by atoms with van der Waals surface area (Å²) >= 11 is 0. The average Bonchev–Trinajstić information content (AvgIpc) is 3.80. The molecule has 0 saturated heterocycles. The number of aromatic nitrogens is 5. The van der Waals surface area contributed by atoms with Crippen molar-refractivity contribution in [2.24, 2.45) is 0 Å². The molecule has 8 aromatic rings. The molecular weight excluding hydrogens is 562 g/mol. The van der Waals surface area contributed by atoms with Crippen LogP contribution in [0.2, 0.25) is 0 Å². The van der Waals surface area contributed by atoms with E-state index < -0.39 is 0 Å². The highest BCUT2D eigenvalue weighted by Crippen LogP contribution is 2.40. The first-order valence-electron chi connectivity index (χ1n) is 15.6. The highest BCUT2D eigenvalue weighted by Gasteiger charge is 2.25. The van der Waals surface area contributed by atoms with Crippen molar-refractivity contribution < 1.29 is 0 Å². The first-order valence-corrected chi connectivity index (χ1v) is 15.6. The Hall–Kier alpha value is -6.07. The van der Waals surface area contributed by atoms with Crippen LogP contribution in [0.5, 0.6) is 0 Å². The van der Waals surface area contributed by atoms with E-state index in [9.17, 15) is 0 Å². The molecule has 0 N–H and O–H groups in total. The summed E-state index contributed by atoms with van der Waals surface area (Å²) in [4.78, 5) is 5.24. The quantitative estimate of drug-likeness (QED) is 0.169. The Bertz CT molecular complexity index is 2570. The van der Waals surface area contributed by atoms with Gasteiger partial charge in [0.15, 0.2) is 5.65 Å². The molecule has 0 amide bonds. The van der Waals surface area contributed by atoms with Crippen molar-refractivity contribution in [3.63, 3.8) is 0 Å². The summed E-state index contributed by atoms with van der Waals surface area (Å²) in [5.74, 6) is 0.871. The van der Waals surface area contributed by atoms with E-state index in [4.69, 9.17) is 4.98 Å². The molecule has 5 nitrogen and oxygen atoms in total. The molecule has 222 valence electrons. The fraction of sp³-hybridized carbons (Fsp3) is 0.0488. The first-order chi connectivity index (χ1) is 22.7. The van der Waals surface area contributed by atoms with Crippen LogP contribution in [0.15, 0.2) is 141 Å². The normalized spacial score (nSPS) is 12.7. The maximum absolute atomic E-state index is 5.24. The van der Waals surface area contributed by atoms with Crippen LogP contribution in [0.25, 0.3) is 79.0 Å². The number of benzene rings is 4. The number of hydrogen-bond donors (Lipinski definition) is 0. The fourth-order valence-corrected chi connectivity index (χ4v) is 6.96. The summed E-state index contributed by atoms with van der Waals surface area (Å²) in [6.07, 6.45) is 14.2. The second-order valence-corrected chi connectivity index (χ2v) is 11.3. The Labute approximate surface area is 267 Å². The predicted molar refractivity (Wildman–Crippen MR) is 196 cm³/mol. The number of hydrogen-bond acceptors (Lipinski definition) is 1. The molecule has 0 unspecified atom stereocenters. The second kappa shape index (κ2) is 10.8. The minimum Gasteiger partial charge on any atom is -0.309 e. The van der Waals surface area contributed by atoms with Crippen LogP contribution in [0, 0.1) is 0 Å². The van der Waals surface area contributed by atoms with Crippen molar-refractivity contribution in [1.29, 1.82) is 0 Å². The monoisotopic (exact) mass is 595 g/mol. The molecule has 0 radical (unpaired) electrons. The number of para-hydroxylation sites is 4. The summed E-state index contributed by atoms with van der Waals surface area (Å²) in [6.45, 7) is 12.3. The molecule has 0 aliphatic rings. The van der Waals surface area contributed by atoms with E-state index in [1.54, 1.807) is 0 Å². The van der Waals surface area contributed by atoms with Gasteiger partial charge in [0, 0.05) is 27.7 Å². The van der Waals surface area contributed by atoms with E-state index in [0.29, 0.717) is 0 Å². The third-order valence-corrected chi connectivity index (χ3v) is 8.72. The molecule has 0 saturated carbocycles. The molecule has 4 heterocycles. The molecule has 0 fully saturated rings. The molecular formula is C41H33N5. The van der Waals surface area contributed by atoms with Gasteiger partial charge in [-0.25, -0.2) is 4.98 Å². The predicted octanol–water partition coefficient (Wildman–Crippen LogP) is 10.6. The van der Waals surface area contributed by atoms with E-state index in [1.165, 1.54) is 0 Å². The zero-order chi connectivity index (χ0) is 31.4. The van der Waals surface area contributed by atoms with Gasteiger partial charge < -0.3 is 4.57 Å². The zero-order valence-corrected chi connectivity index (χ0v) is 25.9. The van der Waals surface area contributed by atoms with Gasteiger partial charge in [-0.1, -0.05) is 86.0 Å². The van der Waals surface area contributed by atoms with Gasteiger partial charge in [-0.05, 0) is 80.6 Å². The molecule has 46 heavy (non-hydrogen) atoms. The summed E-state index contributed by atoms with van der Waals surface area (Å²) in [7, 11) is 0. The lowest BCUT2D eigenvalue weighted by Gasteiger charge is -2.11. The summed E-state index contributed by atoms with van der Waals surface area (Å²) in [5, 5.41) is 2.28. The second-order valence-electron chi connectivity index (χ2n) is 11.3. The van der Waals surface area contributed by atoms with Crippen LogP contribution in [0.3, 0.4) is 0 Å². The maximum atomic E-state index is 5.24. The molecule has 4 aromatic carbocycles. The Balaban J connectivity index is 1.55. The van der Waals surface area contributed by atoms with Crippen LogP contribution < -0.4 is 0 Å². The van der Waals surface area contributed by atoms with Gasteiger partial charge in [0.05, 0.1) is 33.4 Å². The topological polar surface area (TPSA) is 32.1 Å². The van der Waals surface area contributed by atoms with Crippen LogP contribution in [-0.2, 0) is 0 Å². The maximum Gasteiger partial charge on any atom is 0.221 e. The Morgan fingerprint density at radius 3 is 2.24 bits per heavy atom. The van der Waals surface area contributed by atoms with Gasteiger partial charge >= 0.3 is 0 Å². The van der Waals surface area contributed by atoms with Crippen molar-refractivity contribution in [2.45, 2.75) is 13.8 Å². The highest BCUT2D eigenvalue weighted by molar-refractivity contribution is 6.10. The summed E-state index contributed by atoms with van der Waals surface area (Å²) < 4.78 is 9.27. The molecule has 8 rings (SSSR count). The van der Waals surface area contributed by atoms with Gasteiger partial charge in [0.2, 0.25) is 5.78 Å². The standard InChI is InChI=1S/C41H33N5/c1-5-16-28(17-6-2)43-35(18-7-3)31(8-4)33-27-30(25-26-37(33)43)45-39-32-21-12-14-23-36(32)44(29-19-10-9-11-20-29)40(39)46-38-24-15-13-22-34(38)42-41(45)46/h5-27H,1,4H2,2-3H3/b17-6-,18-7-,28-16+. The third-order valence-electron chi connectivity index (χ3n) is 8.72. The van der Waals surface area contributed by atoms with Crippen molar-refractivity contribution in [1.82, 2.24) is 23.1 Å². The largest absolute Gasteiger partial charge is 0.309 e.